The Morgan fingerprint density at radius 3 is 1.95 bits per heavy atom. The Morgan fingerprint density at radius 1 is 0.864 bits per heavy atom. The highest BCUT2D eigenvalue weighted by Gasteiger charge is 1.95. The van der Waals surface area contributed by atoms with Crippen LogP contribution >= 0.6 is 0 Å². The first kappa shape index (κ1) is 17.7. The van der Waals surface area contributed by atoms with E-state index in [4.69, 9.17) is 5.11 Å². The molecule has 1 atom stereocenters. The molecule has 2 aromatic carbocycles. The summed E-state index contributed by atoms with van der Waals surface area (Å²) in [6.07, 6.45) is 5.61. The molecule has 0 radical (unpaired) electrons. The number of allylic oxidation sites excluding steroid dienone is 2. The Kier molecular flexibility index (Phi) is 8.39. The molecule has 2 heteroatoms. The van der Waals surface area contributed by atoms with E-state index in [2.05, 4.69) is 23.2 Å². The summed E-state index contributed by atoms with van der Waals surface area (Å²) in [6.45, 7) is 5.76. The fraction of sp³-hybridized carbons (Fsp3) is 0.200. The highest BCUT2D eigenvalue weighted by Crippen LogP contribution is 2.09. The van der Waals surface area contributed by atoms with Gasteiger partial charge < -0.3 is 10.1 Å². The van der Waals surface area contributed by atoms with Crippen molar-refractivity contribution in [3.63, 3.8) is 0 Å². The van der Waals surface area contributed by atoms with Gasteiger partial charge in [-0.05, 0) is 43.9 Å². The number of aliphatic hydroxyl groups excluding tert-OH is 1. The van der Waals surface area contributed by atoms with Gasteiger partial charge >= 0.3 is 0 Å². The van der Waals surface area contributed by atoms with Crippen LogP contribution in [0.5, 0.6) is 0 Å². The summed E-state index contributed by atoms with van der Waals surface area (Å²) in [5.74, 6) is 0. The minimum absolute atomic E-state index is 0.341. The highest BCUT2D eigenvalue weighted by atomic mass is 16.3. The van der Waals surface area contributed by atoms with Crippen LogP contribution in [0.2, 0.25) is 0 Å². The Morgan fingerprint density at radius 2 is 1.45 bits per heavy atom. The van der Waals surface area contributed by atoms with E-state index in [9.17, 15) is 0 Å². The molecule has 0 aliphatic carbocycles. The molecule has 0 bridgehead atoms. The summed E-state index contributed by atoms with van der Waals surface area (Å²) in [4.78, 5) is 3.12. The molecule has 3 rings (SSSR count). The van der Waals surface area contributed by atoms with Crippen LogP contribution in [-0.4, -0.2) is 10.1 Å². The van der Waals surface area contributed by atoms with E-state index in [1.165, 1.54) is 10.9 Å². The topological polar surface area (TPSA) is 36.0 Å². The summed E-state index contributed by atoms with van der Waals surface area (Å²) in [6, 6.07) is 19.9. The van der Waals surface area contributed by atoms with Crippen molar-refractivity contribution < 1.29 is 5.11 Å². The summed E-state index contributed by atoms with van der Waals surface area (Å²) in [7, 11) is 0. The van der Waals surface area contributed by atoms with Gasteiger partial charge in [0.05, 0.1) is 6.10 Å². The Balaban J connectivity index is 0.000000179. The van der Waals surface area contributed by atoms with Crippen molar-refractivity contribution in [1.82, 2.24) is 4.98 Å². The molecule has 0 aliphatic rings. The van der Waals surface area contributed by atoms with Crippen LogP contribution in [0.15, 0.2) is 79.0 Å². The van der Waals surface area contributed by atoms with Gasteiger partial charge in [-0.3, -0.25) is 0 Å². The van der Waals surface area contributed by atoms with Crippen LogP contribution < -0.4 is 0 Å². The predicted molar refractivity (Wildman–Crippen MR) is 95.9 cm³/mol. The highest BCUT2D eigenvalue weighted by molar-refractivity contribution is 5.78. The van der Waals surface area contributed by atoms with Gasteiger partial charge in [-0.25, -0.2) is 0 Å². The number of nitrogens with one attached hydrogen (secondary N) is 1. The van der Waals surface area contributed by atoms with Crippen LogP contribution in [0.3, 0.4) is 0 Å². The standard InChI is InChI=1S/C8H7N.C8H10O.C4H8/c1-2-4-8-7(3-1)5-6-9-8;1-7(9)8-5-3-2-4-6-8;1-3-4-2/h1-6,9H;2-7,9H,1H3;3-4H,1-2H3. The van der Waals surface area contributed by atoms with Crippen molar-refractivity contribution >= 4 is 10.9 Å². The van der Waals surface area contributed by atoms with Gasteiger partial charge in [0.1, 0.15) is 0 Å². The van der Waals surface area contributed by atoms with E-state index in [-0.39, 0.29) is 6.10 Å². The van der Waals surface area contributed by atoms with Gasteiger partial charge in [-0.1, -0.05) is 60.7 Å². The Labute approximate surface area is 133 Å². The number of aromatic nitrogens is 1. The molecule has 0 saturated carbocycles. The zero-order valence-electron chi connectivity index (χ0n) is 13.5. The number of hydrogen-bond donors (Lipinski definition) is 2. The van der Waals surface area contributed by atoms with Crippen molar-refractivity contribution in [3.05, 3.63) is 84.6 Å². The van der Waals surface area contributed by atoms with Gasteiger partial charge in [0.15, 0.2) is 0 Å². The molecule has 0 aliphatic heterocycles. The van der Waals surface area contributed by atoms with Gasteiger partial charge in [0.25, 0.3) is 0 Å². The number of H-pyrrole nitrogens is 1. The smallest absolute Gasteiger partial charge is 0.0761 e. The van der Waals surface area contributed by atoms with Crippen molar-refractivity contribution in [1.29, 1.82) is 0 Å². The minimum Gasteiger partial charge on any atom is -0.389 e. The number of fused-ring (bicyclic) bond motifs is 1. The first-order valence-corrected chi connectivity index (χ1v) is 7.51. The second-order valence-corrected chi connectivity index (χ2v) is 4.82. The molecule has 1 unspecified atom stereocenters. The molecule has 22 heavy (non-hydrogen) atoms. The molecule has 0 spiro atoms. The van der Waals surface area contributed by atoms with E-state index >= 15 is 0 Å². The van der Waals surface area contributed by atoms with Gasteiger partial charge in [0, 0.05) is 11.7 Å². The minimum atomic E-state index is -0.341. The number of para-hydroxylation sites is 1. The number of rotatable bonds is 1. The molecule has 1 heterocycles. The molecule has 2 N–H and O–H groups in total. The second-order valence-electron chi connectivity index (χ2n) is 4.82. The Hall–Kier alpha value is -2.32. The van der Waals surface area contributed by atoms with E-state index in [1.54, 1.807) is 6.92 Å². The van der Waals surface area contributed by atoms with Crippen LogP contribution in [-0.2, 0) is 0 Å². The molecular weight excluding hydrogens is 270 g/mol. The third kappa shape index (κ3) is 6.42. The van der Waals surface area contributed by atoms with E-state index < -0.39 is 0 Å². The lowest BCUT2D eigenvalue weighted by atomic mass is 10.1. The SMILES string of the molecule is CC(O)c1ccccc1.CC=CC.c1ccc2[nH]ccc2c1. The molecule has 2 nitrogen and oxygen atoms in total. The number of aromatic amines is 1. The van der Waals surface area contributed by atoms with Crippen LogP contribution in [0.4, 0.5) is 0 Å². The lowest BCUT2D eigenvalue weighted by molar-refractivity contribution is 0.199. The first-order chi connectivity index (χ1) is 10.7. The van der Waals surface area contributed by atoms with Crippen LogP contribution in [0, 0.1) is 0 Å². The number of benzene rings is 2. The largest absolute Gasteiger partial charge is 0.389 e. The molecule has 0 saturated heterocycles. The average Bonchev–Trinajstić information content (AvgIpc) is 3.05. The van der Waals surface area contributed by atoms with Crippen molar-refractivity contribution in [3.8, 4) is 0 Å². The van der Waals surface area contributed by atoms with Crippen LogP contribution in [0.25, 0.3) is 10.9 Å². The molecule has 0 amide bonds. The third-order valence-corrected chi connectivity index (χ3v) is 3.08. The summed E-state index contributed by atoms with van der Waals surface area (Å²) >= 11 is 0. The number of aliphatic hydroxyl groups is 1. The van der Waals surface area contributed by atoms with Gasteiger partial charge in [-0.15, -0.1) is 0 Å². The van der Waals surface area contributed by atoms with E-state index in [0.29, 0.717) is 0 Å². The molecule has 116 valence electrons. The molecule has 3 aromatic rings. The summed E-state index contributed by atoms with van der Waals surface area (Å²) < 4.78 is 0. The molecule has 0 fully saturated rings. The lowest BCUT2D eigenvalue weighted by Crippen LogP contribution is -1.87. The fourth-order valence-corrected chi connectivity index (χ4v) is 1.73. The van der Waals surface area contributed by atoms with Crippen LogP contribution in [0.1, 0.15) is 32.4 Å². The second kappa shape index (κ2) is 10.4. The Bertz CT molecular complexity index is 619. The molecular formula is C20H25NO. The van der Waals surface area contributed by atoms with Gasteiger partial charge in [0.2, 0.25) is 0 Å². The van der Waals surface area contributed by atoms with E-state index in [1.807, 2.05) is 74.7 Å². The van der Waals surface area contributed by atoms with Crippen molar-refractivity contribution in [2.24, 2.45) is 0 Å². The maximum absolute atomic E-state index is 9.02. The third-order valence-electron chi connectivity index (χ3n) is 3.08. The summed E-state index contributed by atoms with van der Waals surface area (Å²) in [5, 5.41) is 10.3. The van der Waals surface area contributed by atoms with Crippen molar-refractivity contribution in [2.45, 2.75) is 26.9 Å². The average molecular weight is 295 g/mol. The quantitative estimate of drug-likeness (QED) is 0.572. The first-order valence-electron chi connectivity index (χ1n) is 7.51. The maximum atomic E-state index is 9.02. The predicted octanol–water partition coefficient (Wildman–Crippen LogP) is 5.49. The van der Waals surface area contributed by atoms with Crippen molar-refractivity contribution in [2.75, 3.05) is 0 Å². The fourth-order valence-electron chi connectivity index (χ4n) is 1.73. The normalized spacial score (nSPS) is 11.3. The van der Waals surface area contributed by atoms with Gasteiger partial charge in [-0.2, -0.15) is 0 Å². The molecule has 1 aromatic heterocycles. The monoisotopic (exact) mass is 295 g/mol. The lowest BCUT2D eigenvalue weighted by Gasteiger charge is -2.00. The summed E-state index contributed by atoms with van der Waals surface area (Å²) in [5.41, 5.74) is 2.18. The zero-order valence-corrected chi connectivity index (χ0v) is 13.5. The maximum Gasteiger partial charge on any atom is 0.0761 e. The zero-order chi connectivity index (χ0) is 16.2. The number of hydrogen-bond acceptors (Lipinski definition) is 1. The van der Waals surface area contributed by atoms with E-state index in [0.717, 1.165) is 5.56 Å².